The van der Waals surface area contributed by atoms with Crippen LogP contribution in [-0.4, -0.2) is 55.2 Å². The first kappa shape index (κ1) is 17.6. The second kappa shape index (κ2) is 8.68. The molecule has 2 N–H and O–H groups in total. The standard InChI is InChI=1S/C12H24N4O2S/c1-12(2,3)18-11(17)14-8-6-7-13-10(19)15-9-16(4)5/h9H,6-8H2,1-5H3,(H,13,19)(H,14,17)/b15-9+. The van der Waals surface area contributed by atoms with Crippen molar-refractivity contribution in [1.29, 1.82) is 0 Å². The van der Waals surface area contributed by atoms with Gasteiger partial charge in [0, 0.05) is 27.2 Å². The molecule has 0 atom stereocenters. The molecule has 7 heteroatoms. The van der Waals surface area contributed by atoms with Crippen LogP contribution in [0.15, 0.2) is 4.99 Å². The van der Waals surface area contributed by atoms with Crippen LogP contribution in [0.25, 0.3) is 0 Å². The summed E-state index contributed by atoms with van der Waals surface area (Å²) in [5.41, 5.74) is -0.467. The van der Waals surface area contributed by atoms with Crippen LogP contribution < -0.4 is 10.6 Å². The Morgan fingerprint density at radius 2 is 1.89 bits per heavy atom. The van der Waals surface area contributed by atoms with Gasteiger partial charge in [0.05, 0.1) is 6.34 Å². The highest BCUT2D eigenvalue weighted by molar-refractivity contribution is 7.80. The quantitative estimate of drug-likeness (QED) is 0.346. The van der Waals surface area contributed by atoms with Gasteiger partial charge in [-0.2, -0.15) is 0 Å². The van der Waals surface area contributed by atoms with Gasteiger partial charge in [-0.1, -0.05) is 0 Å². The molecule has 0 aromatic heterocycles. The molecule has 0 spiro atoms. The maximum Gasteiger partial charge on any atom is 0.407 e. The number of ether oxygens (including phenoxy) is 1. The van der Waals surface area contributed by atoms with E-state index in [0.29, 0.717) is 18.2 Å². The predicted octanol–water partition coefficient (Wildman–Crippen LogP) is 1.37. The van der Waals surface area contributed by atoms with Crippen molar-refractivity contribution < 1.29 is 9.53 Å². The number of hydrogen-bond acceptors (Lipinski definition) is 3. The molecule has 0 saturated heterocycles. The Morgan fingerprint density at radius 1 is 1.32 bits per heavy atom. The number of rotatable bonds is 5. The summed E-state index contributed by atoms with van der Waals surface area (Å²) in [6.07, 6.45) is 1.98. The van der Waals surface area contributed by atoms with Gasteiger partial charge in [0.2, 0.25) is 0 Å². The van der Waals surface area contributed by atoms with Gasteiger partial charge in [-0.15, -0.1) is 0 Å². The van der Waals surface area contributed by atoms with Crippen LogP contribution in [0.2, 0.25) is 0 Å². The van der Waals surface area contributed by atoms with Crippen LogP contribution in [0, 0.1) is 0 Å². The minimum absolute atomic E-state index is 0.402. The summed E-state index contributed by atoms with van der Waals surface area (Å²) in [6.45, 7) is 6.67. The fraction of sp³-hybridized carbons (Fsp3) is 0.750. The summed E-state index contributed by atoms with van der Waals surface area (Å²) in [4.78, 5) is 17.1. The van der Waals surface area contributed by atoms with Crippen LogP contribution in [0.4, 0.5) is 4.79 Å². The summed E-state index contributed by atoms with van der Waals surface area (Å²) >= 11 is 5.00. The minimum atomic E-state index is -0.467. The number of aliphatic imine (C=N–C) groups is 1. The summed E-state index contributed by atoms with van der Waals surface area (Å²) in [7, 11) is 3.74. The van der Waals surface area contributed by atoms with Gasteiger partial charge in [0.1, 0.15) is 5.60 Å². The monoisotopic (exact) mass is 288 g/mol. The van der Waals surface area contributed by atoms with E-state index in [2.05, 4.69) is 15.6 Å². The molecule has 0 rings (SSSR count). The summed E-state index contributed by atoms with van der Waals surface area (Å²) in [5.74, 6) is 0. The molecule has 0 unspecified atom stereocenters. The van der Waals surface area contributed by atoms with Crippen molar-refractivity contribution >= 4 is 29.8 Å². The van der Waals surface area contributed by atoms with Gasteiger partial charge in [-0.3, -0.25) is 0 Å². The van der Waals surface area contributed by atoms with Crippen molar-refractivity contribution in [2.24, 2.45) is 4.99 Å². The van der Waals surface area contributed by atoms with E-state index < -0.39 is 11.7 Å². The molecule has 0 bridgehead atoms. The fourth-order valence-electron chi connectivity index (χ4n) is 1.00. The number of alkyl carbamates (subject to hydrolysis) is 1. The summed E-state index contributed by atoms with van der Waals surface area (Å²) < 4.78 is 5.11. The van der Waals surface area contributed by atoms with E-state index in [-0.39, 0.29) is 0 Å². The largest absolute Gasteiger partial charge is 0.444 e. The molecule has 0 aromatic carbocycles. The molecule has 0 radical (unpaired) electrons. The Hall–Kier alpha value is -1.37. The second-order valence-electron chi connectivity index (χ2n) is 5.22. The Bertz CT molecular complexity index is 324. The first-order chi connectivity index (χ1) is 8.70. The molecule has 0 aromatic rings. The van der Waals surface area contributed by atoms with Gasteiger partial charge < -0.3 is 20.3 Å². The van der Waals surface area contributed by atoms with Gasteiger partial charge >= 0.3 is 6.09 Å². The molecule has 6 nitrogen and oxygen atoms in total. The smallest absolute Gasteiger partial charge is 0.407 e. The zero-order valence-corrected chi connectivity index (χ0v) is 13.1. The average Bonchev–Trinajstić information content (AvgIpc) is 2.23. The molecule has 0 fully saturated rings. The number of thiocarbonyl (C=S) groups is 1. The van der Waals surface area contributed by atoms with Gasteiger partial charge in [0.15, 0.2) is 5.11 Å². The van der Waals surface area contributed by atoms with Crippen LogP contribution in [0.5, 0.6) is 0 Å². The highest BCUT2D eigenvalue weighted by Gasteiger charge is 2.15. The Morgan fingerprint density at radius 3 is 2.42 bits per heavy atom. The molecular formula is C12H24N4O2S. The van der Waals surface area contributed by atoms with E-state index >= 15 is 0 Å². The first-order valence-electron chi connectivity index (χ1n) is 6.16. The zero-order valence-electron chi connectivity index (χ0n) is 12.3. The molecule has 0 saturated carbocycles. The molecule has 1 amide bonds. The van der Waals surface area contributed by atoms with Crippen molar-refractivity contribution in [3.8, 4) is 0 Å². The van der Waals surface area contributed by atoms with Crippen molar-refractivity contribution in [1.82, 2.24) is 15.5 Å². The molecular weight excluding hydrogens is 264 g/mol. The molecule has 0 aliphatic carbocycles. The molecule has 0 heterocycles. The Balaban J connectivity index is 3.60. The number of carbonyl (C=O) groups is 1. The molecule has 0 aliphatic heterocycles. The van der Waals surface area contributed by atoms with E-state index in [1.807, 2.05) is 34.9 Å². The average molecular weight is 288 g/mol. The Labute approximate surface area is 120 Å². The first-order valence-corrected chi connectivity index (χ1v) is 6.57. The lowest BCUT2D eigenvalue weighted by Gasteiger charge is -2.19. The third-order valence-electron chi connectivity index (χ3n) is 1.70. The molecule has 0 aliphatic rings. The highest BCUT2D eigenvalue weighted by atomic mass is 32.1. The van der Waals surface area contributed by atoms with E-state index in [9.17, 15) is 4.79 Å². The fourth-order valence-corrected chi connectivity index (χ4v) is 1.15. The van der Waals surface area contributed by atoms with E-state index in [0.717, 1.165) is 6.42 Å². The van der Waals surface area contributed by atoms with Crippen molar-refractivity contribution in [3.05, 3.63) is 0 Å². The third-order valence-corrected chi connectivity index (χ3v) is 1.95. The summed E-state index contributed by atoms with van der Waals surface area (Å²) in [5, 5.41) is 6.08. The number of nitrogens with zero attached hydrogens (tertiary/aromatic N) is 2. The number of hydrogen-bond donors (Lipinski definition) is 2. The highest BCUT2D eigenvalue weighted by Crippen LogP contribution is 2.06. The van der Waals surface area contributed by atoms with Crippen LogP contribution >= 0.6 is 12.2 Å². The number of nitrogens with one attached hydrogen (secondary N) is 2. The molecule has 19 heavy (non-hydrogen) atoms. The van der Waals surface area contributed by atoms with Crippen LogP contribution in [0.3, 0.4) is 0 Å². The number of amides is 1. The van der Waals surface area contributed by atoms with Crippen LogP contribution in [-0.2, 0) is 4.74 Å². The van der Waals surface area contributed by atoms with E-state index in [1.165, 1.54) is 0 Å². The predicted molar refractivity (Wildman–Crippen MR) is 81.6 cm³/mol. The lowest BCUT2D eigenvalue weighted by atomic mass is 10.2. The SMILES string of the molecule is CN(C)/C=N/C(=S)NCCCNC(=O)OC(C)(C)C. The zero-order chi connectivity index (χ0) is 14.9. The second-order valence-corrected chi connectivity index (χ2v) is 5.61. The minimum Gasteiger partial charge on any atom is -0.444 e. The van der Waals surface area contributed by atoms with Gasteiger partial charge in [-0.05, 0) is 39.4 Å². The topological polar surface area (TPSA) is 66.0 Å². The molecule has 110 valence electrons. The normalized spacial score (nSPS) is 11.2. The maximum atomic E-state index is 11.3. The van der Waals surface area contributed by atoms with Crippen molar-refractivity contribution in [2.45, 2.75) is 32.8 Å². The summed E-state index contributed by atoms with van der Waals surface area (Å²) in [6, 6.07) is 0. The van der Waals surface area contributed by atoms with E-state index in [1.54, 1.807) is 11.2 Å². The van der Waals surface area contributed by atoms with Crippen LogP contribution in [0.1, 0.15) is 27.2 Å². The lowest BCUT2D eigenvalue weighted by molar-refractivity contribution is 0.0527. The van der Waals surface area contributed by atoms with Crippen molar-refractivity contribution in [2.75, 3.05) is 27.2 Å². The van der Waals surface area contributed by atoms with Gasteiger partial charge in [-0.25, -0.2) is 9.79 Å². The van der Waals surface area contributed by atoms with Gasteiger partial charge in [0.25, 0.3) is 0 Å². The number of carbonyl (C=O) groups excluding carboxylic acids is 1. The van der Waals surface area contributed by atoms with E-state index in [4.69, 9.17) is 17.0 Å². The third kappa shape index (κ3) is 12.9. The van der Waals surface area contributed by atoms with Crippen molar-refractivity contribution in [3.63, 3.8) is 0 Å². The lowest BCUT2D eigenvalue weighted by Crippen LogP contribution is -2.34. The maximum absolute atomic E-state index is 11.3. The Kier molecular flexibility index (Phi) is 8.06.